The van der Waals surface area contributed by atoms with Crippen LogP contribution in [0, 0.1) is 0 Å². The number of sulfone groups is 1. The average Bonchev–Trinajstić information content (AvgIpc) is 2.49. The molecule has 0 aromatic carbocycles. The second-order valence-electron chi connectivity index (χ2n) is 5.44. The number of hydrogen-bond acceptors (Lipinski definition) is 6. The van der Waals surface area contributed by atoms with E-state index < -0.39 is 9.84 Å². The summed E-state index contributed by atoms with van der Waals surface area (Å²) in [5, 5.41) is 0.948. The lowest BCUT2D eigenvalue weighted by Gasteiger charge is -2.28. The van der Waals surface area contributed by atoms with Crippen LogP contribution in [0.2, 0.25) is 10.0 Å². The van der Waals surface area contributed by atoms with Crippen LogP contribution in [-0.2, 0) is 29.3 Å². The van der Waals surface area contributed by atoms with Crippen molar-refractivity contribution in [2.75, 3.05) is 12.8 Å². The van der Waals surface area contributed by atoms with Gasteiger partial charge in [0.2, 0.25) is 15.0 Å². The van der Waals surface area contributed by atoms with Gasteiger partial charge in [-0.25, -0.2) is 18.4 Å². The van der Waals surface area contributed by atoms with Crippen LogP contribution < -0.4 is 0 Å². The molecule has 23 heavy (non-hydrogen) atoms. The van der Waals surface area contributed by atoms with Crippen molar-refractivity contribution >= 4 is 33.0 Å². The number of pyridine rings is 1. The van der Waals surface area contributed by atoms with Crippen LogP contribution in [0.3, 0.4) is 0 Å². The summed E-state index contributed by atoms with van der Waals surface area (Å²) in [6, 6.07) is 0. The second-order valence-corrected chi connectivity index (χ2v) is 8.16. The minimum atomic E-state index is -3.39. The molecule has 0 bridgehead atoms. The number of halogens is 2. The zero-order valence-corrected chi connectivity index (χ0v) is 14.7. The van der Waals surface area contributed by atoms with Crippen LogP contribution in [0.15, 0.2) is 23.7 Å². The number of nitrogens with zero attached hydrogens (tertiary/aromatic N) is 4. The molecule has 1 aliphatic heterocycles. The minimum Gasteiger partial charge on any atom is -0.294 e. The molecule has 0 aliphatic carbocycles. The summed E-state index contributed by atoms with van der Waals surface area (Å²) in [4.78, 5) is 14.2. The Morgan fingerprint density at radius 1 is 1.22 bits per heavy atom. The first kappa shape index (κ1) is 16.6. The third-order valence-electron chi connectivity index (χ3n) is 3.66. The molecule has 0 amide bonds. The predicted octanol–water partition coefficient (Wildman–Crippen LogP) is 2.14. The quantitative estimate of drug-likeness (QED) is 0.768. The highest BCUT2D eigenvalue weighted by molar-refractivity contribution is 7.90. The Balaban J connectivity index is 1.81. The summed E-state index contributed by atoms with van der Waals surface area (Å²) in [6.07, 6.45) is 6.49. The van der Waals surface area contributed by atoms with Crippen LogP contribution in [-0.4, -0.2) is 41.1 Å². The summed E-state index contributed by atoms with van der Waals surface area (Å²) in [7, 11) is -3.39. The average molecular weight is 373 g/mol. The van der Waals surface area contributed by atoms with Crippen molar-refractivity contribution in [3.63, 3.8) is 0 Å². The van der Waals surface area contributed by atoms with Gasteiger partial charge in [-0.2, -0.15) is 0 Å². The molecule has 0 fully saturated rings. The molecule has 0 saturated heterocycles. The van der Waals surface area contributed by atoms with E-state index in [0.29, 0.717) is 29.6 Å². The maximum atomic E-state index is 11.5. The fourth-order valence-electron chi connectivity index (χ4n) is 2.48. The summed E-state index contributed by atoms with van der Waals surface area (Å²) in [6.45, 7) is 1.95. The smallest absolute Gasteiger partial charge is 0.246 e. The molecule has 0 saturated carbocycles. The SMILES string of the molecule is CS(=O)(=O)c1ncc2c(n1)CCN(Cc1c(Cl)cncc1Cl)C2. The molecule has 6 nitrogen and oxygen atoms in total. The molecule has 1 aliphatic rings. The molecule has 122 valence electrons. The topological polar surface area (TPSA) is 76.1 Å². The first-order valence-electron chi connectivity index (χ1n) is 6.89. The Morgan fingerprint density at radius 3 is 2.57 bits per heavy atom. The Bertz CT molecular complexity index is 838. The maximum Gasteiger partial charge on any atom is 0.246 e. The van der Waals surface area contributed by atoms with E-state index in [1.54, 1.807) is 18.6 Å². The number of fused-ring (bicyclic) bond motifs is 1. The highest BCUT2D eigenvalue weighted by Gasteiger charge is 2.22. The monoisotopic (exact) mass is 372 g/mol. The first-order valence-corrected chi connectivity index (χ1v) is 9.54. The fraction of sp³-hybridized carbons (Fsp3) is 0.357. The summed E-state index contributed by atoms with van der Waals surface area (Å²) < 4.78 is 23.1. The second kappa shape index (κ2) is 6.32. The van der Waals surface area contributed by atoms with Crippen molar-refractivity contribution in [1.29, 1.82) is 0 Å². The number of rotatable bonds is 3. The van der Waals surface area contributed by atoms with Crippen molar-refractivity contribution in [1.82, 2.24) is 19.9 Å². The van der Waals surface area contributed by atoms with E-state index in [0.717, 1.165) is 29.6 Å². The van der Waals surface area contributed by atoms with Crippen molar-refractivity contribution in [3.05, 3.63) is 45.5 Å². The molecule has 2 aromatic rings. The first-order chi connectivity index (χ1) is 10.8. The molecule has 0 spiro atoms. The lowest BCUT2D eigenvalue weighted by Crippen LogP contribution is -2.31. The Labute approximate surface area is 144 Å². The van der Waals surface area contributed by atoms with E-state index in [1.807, 2.05) is 0 Å². The lowest BCUT2D eigenvalue weighted by molar-refractivity contribution is 0.242. The van der Waals surface area contributed by atoms with Gasteiger partial charge >= 0.3 is 0 Å². The maximum absolute atomic E-state index is 11.5. The Kier molecular flexibility index (Phi) is 4.55. The molecule has 0 unspecified atom stereocenters. The Morgan fingerprint density at radius 2 is 1.91 bits per heavy atom. The van der Waals surface area contributed by atoms with Gasteiger partial charge in [-0.1, -0.05) is 23.2 Å². The molecule has 0 radical (unpaired) electrons. The fourth-order valence-corrected chi connectivity index (χ4v) is 3.49. The zero-order chi connectivity index (χ0) is 16.6. The minimum absolute atomic E-state index is 0.120. The lowest BCUT2D eigenvalue weighted by atomic mass is 10.1. The van der Waals surface area contributed by atoms with Crippen molar-refractivity contribution < 1.29 is 8.42 Å². The standard InChI is InChI=1S/C14H14Cl2N4O2S/c1-23(21,22)14-18-4-9-7-20(3-2-13(9)19-14)8-10-11(15)5-17-6-12(10)16/h4-6H,2-3,7-8H2,1H3. The van der Waals surface area contributed by atoms with Gasteiger partial charge in [0.15, 0.2) is 0 Å². The number of aromatic nitrogens is 3. The summed E-state index contributed by atoms with van der Waals surface area (Å²) >= 11 is 12.3. The van der Waals surface area contributed by atoms with Gasteiger partial charge in [0.05, 0.1) is 15.7 Å². The van der Waals surface area contributed by atoms with Crippen LogP contribution in [0.4, 0.5) is 0 Å². The van der Waals surface area contributed by atoms with Gasteiger partial charge in [0.1, 0.15) is 0 Å². The van der Waals surface area contributed by atoms with Crippen molar-refractivity contribution in [2.45, 2.75) is 24.7 Å². The summed E-state index contributed by atoms with van der Waals surface area (Å²) in [5.74, 6) is 0. The highest BCUT2D eigenvalue weighted by Crippen LogP contribution is 2.27. The molecule has 0 N–H and O–H groups in total. The molecular formula is C14H14Cl2N4O2S. The van der Waals surface area contributed by atoms with E-state index in [9.17, 15) is 8.42 Å². The predicted molar refractivity (Wildman–Crippen MR) is 87.2 cm³/mol. The third-order valence-corrected chi connectivity index (χ3v) is 5.17. The van der Waals surface area contributed by atoms with E-state index in [4.69, 9.17) is 23.2 Å². The normalized spacial score (nSPS) is 15.4. The van der Waals surface area contributed by atoms with E-state index in [-0.39, 0.29) is 5.16 Å². The van der Waals surface area contributed by atoms with E-state index in [1.165, 1.54) is 0 Å². The van der Waals surface area contributed by atoms with Gasteiger partial charge < -0.3 is 0 Å². The van der Waals surface area contributed by atoms with Gasteiger partial charge in [-0.15, -0.1) is 0 Å². The molecule has 0 atom stereocenters. The molecule has 3 rings (SSSR count). The third kappa shape index (κ3) is 3.63. The zero-order valence-electron chi connectivity index (χ0n) is 12.3. The molecular weight excluding hydrogens is 359 g/mol. The van der Waals surface area contributed by atoms with Gasteiger partial charge in [0, 0.05) is 62.0 Å². The van der Waals surface area contributed by atoms with Crippen LogP contribution in [0.5, 0.6) is 0 Å². The largest absolute Gasteiger partial charge is 0.294 e. The van der Waals surface area contributed by atoms with E-state index in [2.05, 4.69) is 19.9 Å². The van der Waals surface area contributed by atoms with Gasteiger partial charge in [-0.05, 0) is 0 Å². The summed E-state index contributed by atoms with van der Waals surface area (Å²) in [5.41, 5.74) is 2.54. The van der Waals surface area contributed by atoms with Crippen molar-refractivity contribution in [2.24, 2.45) is 0 Å². The van der Waals surface area contributed by atoms with Gasteiger partial charge in [-0.3, -0.25) is 9.88 Å². The van der Waals surface area contributed by atoms with Crippen LogP contribution >= 0.6 is 23.2 Å². The highest BCUT2D eigenvalue weighted by atomic mass is 35.5. The van der Waals surface area contributed by atoms with Crippen LogP contribution in [0.25, 0.3) is 0 Å². The molecule has 2 aromatic heterocycles. The molecule has 3 heterocycles. The van der Waals surface area contributed by atoms with Crippen LogP contribution in [0.1, 0.15) is 16.8 Å². The molecule has 9 heteroatoms. The van der Waals surface area contributed by atoms with Gasteiger partial charge in [0.25, 0.3) is 0 Å². The Hall–Kier alpha value is -1.28. The van der Waals surface area contributed by atoms with E-state index >= 15 is 0 Å². The van der Waals surface area contributed by atoms with Crippen molar-refractivity contribution in [3.8, 4) is 0 Å². The number of hydrogen-bond donors (Lipinski definition) is 0.